The van der Waals surface area contributed by atoms with Gasteiger partial charge in [-0.2, -0.15) is 0 Å². The van der Waals surface area contributed by atoms with Crippen molar-refractivity contribution in [1.29, 1.82) is 0 Å². The summed E-state index contributed by atoms with van der Waals surface area (Å²) in [6.45, 7) is 4.22. The van der Waals surface area contributed by atoms with Crippen molar-refractivity contribution in [2.24, 2.45) is 0 Å². The van der Waals surface area contributed by atoms with E-state index in [1.807, 2.05) is 42.2 Å². The number of nitrogens with zero attached hydrogens (tertiary/aromatic N) is 1. The molecule has 24 heavy (non-hydrogen) atoms. The van der Waals surface area contributed by atoms with Gasteiger partial charge in [0.1, 0.15) is 5.75 Å². The standard InChI is InChI=1S/C19H23N3O2/c1-2-24-16-8-6-15(7-9-16)21-18-10-5-14(20)13-17(18)19(23)22-11-3-4-12-22/h5-10,13,21H,2-4,11-12,20H2,1H3. The molecule has 0 spiro atoms. The van der Waals surface area contributed by atoms with E-state index in [-0.39, 0.29) is 5.91 Å². The Bertz CT molecular complexity index is 707. The zero-order valence-corrected chi connectivity index (χ0v) is 13.9. The van der Waals surface area contributed by atoms with Crippen molar-refractivity contribution in [3.8, 4) is 5.75 Å². The molecule has 5 heteroatoms. The number of rotatable bonds is 5. The number of hydrogen-bond donors (Lipinski definition) is 2. The van der Waals surface area contributed by atoms with E-state index in [1.165, 1.54) is 0 Å². The Balaban J connectivity index is 1.83. The average Bonchev–Trinajstić information content (AvgIpc) is 3.12. The zero-order valence-electron chi connectivity index (χ0n) is 13.9. The summed E-state index contributed by atoms with van der Waals surface area (Å²) in [6, 6.07) is 13.1. The molecule has 1 saturated heterocycles. The van der Waals surface area contributed by atoms with E-state index < -0.39 is 0 Å². The van der Waals surface area contributed by atoms with Gasteiger partial charge in [-0.25, -0.2) is 0 Å². The number of carbonyl (C=O) groups excluding carboxylic acids is 1. The number of carbonyl (C=O) groups is 1. The maximum Gasteiger partial charge on any atom is 0.256 e. The number of nitrogen functional groups attached to an aromatic ring is 1. The van der Waals surface area contributed by atoms with Crippen LogP contribution in [0, 0.1) is 0 Å². The highest BCUT2D eigenvalue weighted by Crippen LogP contribution is 2.27. The van der Waals surface area contributed by atoms with Gasteiger partial charge in [0.15, 0.2) is 0 Å². The number of ether oxygens (including phenoxy) is 1. The summed E-state index contributed by atoms with van der Waals surface area (Å²) >= 11 is 0. The minimum absolute atomic E-state index is 0.0354. The number of nitrogens with one attached hydrogen (secondary N) is 1. The third-order valence-electron chi connectivity index (χ3n) is 4.11. The molecule has 0 saturated carbocycles. The van der Waals surface area contributed by atoms with Crippen molar-refractivity contribution in [2.45, 2.75) is 19.8 Å². The van der Waals surface area contributed by atoms with Crippen molar-refractivity contribution >= 4 is 23.0 Å². The van der Waals surface area contributed by atoms with E-state index >= 15 is 0 Å². The first kappa shape index (κ1) is 16.2. The molecule has 1 amide bonds. The second kappa shape index (κ2) is 7.25. The minimum Gasteiger partial charge on any atom is -0.494 e. The van der Waals surface area contributed by atoms with Crippen LogP contribution in [0.4, 0.5) is 17.1 Å². The van der Waals surface area contributed by atoms with Crippen LogP contribution in [0.15, 0.2) is 42.5 Å². The Hall–Kier alpha value is -2.69. The first-order chi connectivity index (χ1) is 11.7. The van der Waals surface area contributed by atoms with Gasteiger partial charge >= 0.3 is 0 Å². The molecule has 2 aromatic rings. The summed E-state index contributed by atoms with van der Waals surface area (Å²) < 4.78 is 5.45. The smallest absolute Gasteiger partial charge is 0.256 e. The van der Waals surface area contributed by atoms with Gasteiger partial charge in [-0.1, -0.05) is 0 Å². The lowest BCUT2D eigenvalue weighted by Crippen LogP contribution is -2.28. The van der Waals surface area contributed by atoms with Gasteiger partial charge in [-0.05, 0) is 62.2 Å². The summed E-state index contributed by atoms with van der Waals surface area (Å²) in [5.41, 5.74) is 8.77. The van der Waals surface area contributed by atoms with Gasteiger partial charge in [0.05, 0.1) is 17.9 Å². The number of benzene rings is 2. The van der Waals surface area contributed by atoms with Crippen LogP contribution >= 0.6 is 0 Å². The maximum atomic E-state index is 12.8. The van der Waals surface area contributed by atoms with Crippen molar-refractivity contribution in [1.82, 2.24) is 4.90 Å². The zero-order chi connectivity index (χ0) is 16.9. The molecule has 0 atom stereocenters. The van der Waals surface area contributed by atoms with Crippen LogP contribution in [-0.2, 0) is 0 Å². The number of hydrogen-bond acceptors (Lipinski definition) is 4. The molecule has 5 nitrogen and oxygen atoms in total. The Morgan fingerprint density at radius 1 is 1.17 bits per heavy atom. The largest absolute Gasteiger partial charge is 0.494 e. The van der Waals surface area contributed by atoms with Crippen LogP contribution in [0.3, 0.4) is 0 Å². The molecule has 1 fully saturated rings. The van der Waals surface area contributed by atoms with Crippen molar-refractivity contribution in [3.05, 3.63) is 48.0 Å². The molecule has 0 radical (unpaired) electrons. The van der Waals surface area contributed by atoms with Gasteiger partial charge in [-0.15, -0.1) is 0 Å². The van der Waals surface area contributed by atoms with Crippen molar-refractivity contribution in [2.75, 3.05) is 30.7 Å². The van der Waals surface area contributed by atoms with E-state index in [9.17, 15) is 4.79 Å². The Labute approximate surface area is 142 Å². The van der Waals surface area contributed by atoms with Crippen molar-refractivity contribution < 1.29 is 9.53 Å². The first-order valence-electron chi connectivity index (χ1n) is 8.36. The maximum absolute atomic E-state index is 12.8. The SMILES string of the molecule is CCOc1ccc(Nc2ccc(N)cc2C(=O)N2CCCC2)cc1. The normalized spacial score (nSPS) is 13.8. The molecule has 126 valence electrons. The fraction of sp³-hybridized carbons (Fsp3) is 0.316. The highest BCUT2D eigenvalue weighted by molar-refractivity contribution is 6.01. The van der Waals surface area contributed by atoms with E-state index in [2.05, 4.69) is 5.32 Å². The van der Waals surface area contributed by atoms with E-state index in [0.29, 0.717) is 17.9 Å². The molecular weight excluding hydrogens is 302 g/mol. The van der Waals surface area contributed by atoms with Crippen molar-refractivity contribution in [3.63, 3.8) is 0 Å². The van der Waals surface area contributed by atoms with Gasteiger partial charge in [0, 0.05) is 24.5 Å². The van der Waals surface area contributed by atoms with Crippen LogP contribution < -0.4 is 15.8 Å². The monoisotopic (exact) mass is 325 g/mol. The highest BCUT2D eigenvalue weighted by Gasteiger charge is 2.22. The molecule has 3 N–H and O–H groups in total. The van der Waals surface area contributed by atoms with Crippen LogP contribution in [0.5, 0.6) is 5.75 Å². The van der Waals surface area contributed by atoms with E-state index in [0.717, 1.165) is 43.1 Å². The molecule has 1 aliphatic rings. The summed E-state index contributed by atoms with van der Waals surface area (Å²) in [5, 5.41) is 3.31. The van der Waals surface area contributed by atoms with E-state index in [4.69, 9.17) is 10.5 Å². The fourth-order valence-electron chi connectivity index (χ4n) is 2.90. The van der Waals surface area contributed by atoms with Gasteiger partial charge in [-0.3, -0.25) is 4.79 Å². The lowest BCUT2D eigenvalue weighted by molar-refractivity contribution is 0.0794. The molecule has 0 aliphatic carbocycles. The Morgan fingerprint density at radius 2 is 1.88 bits per heavy atom. The average molecular weight is 325 g/mol. The van der Waals surface area contributed by atoms with Crippen LogP contribution in [-0.4, -0.2) is 30.5 Å². The minimum atomic E-state index is 0.0354. The van der Waals surface area contributed by atoms with Crippen LogP contribution in [0.2, 0.25) is 0 Å². The molecule has 2 aromatic carbocycles. The third kappa shape index (κ3) is 3.62. The lowest BCUT2D eigenvalue weighted by Gasteiger charge is -2.19. The van der Waals surface area contributed by atoms with Crippen LogP contribution in [0.25, 0.3) is 0 Å². The molecule has 3 rings (SSSR count). The summed E-state index contributed by atoms with van der Waals surface area (Å²) in [6.07, 6.45) is 2.13. The third-order valence-corrected chi connectivity index (χ3v) is 4.11. The van der Waals surface area contributed by atoms with Crippen LogP contribution in [0.1, 0.15) is 30.1 Å². The molecule has 0 aromatic heterocycles. The topological polar surface area (TPSA) is 67.6 Å². The second-order valence-corrected chi connectivity index (χ2v) is 5.89. The number of amides is 1. The lowest BCUT2D eigenvalue weighted by atomic mass is 10.1. The molecule has 0 bridgehead atoms. The predicted molar refractivity (Wildman–Crippen MR) is 96.9 cm³/mol. The van der Waals surface area contributed by atoms with Gasteiger partial charge in [0.25, 0.3) is 5.91 Å². The number of likely N-dealkylation sites (tertiary alicyclic amines) is 1. The highest BCUT2D eigenvalue weighted by atomic mass is 16.5. The first-order valence-corrected chi connectivity index (χ1v) is 8.36. The van der Waals surface area contributed by atoms with E-state index in [1.54, 1.807) is 12.1 Å². The predicted octanol–water partition coefficient (Wildman–Crippen LogP) is 3.65. The Kier molecular flexibility index (Phi) is 4.89. The van der Waals surface area contributed by atoms with Gasteiger partial charge in [0.2, 0.25) is 0 Å². The number of anilines is 3. The molecule has 1 heterocycles. The quantitative estimate of drug-likeness (QED) is 0.824. The summed E-state index contributed by atoms with van der Waals surface area (Å²) in [5.74, 6) is 0.863. The number of nitrogens with two attached hydrogens (primary N) is 1. The molecule has 0 unspecified atom stereocenters. The molecule has 1 aliphatic heterocycles. The summed E-state index contributed by atoms with van der Waals surface area (Å²) in [4.78, 5) is 14.6. The Morgan fingerprint density at radius 3 is 2.54 bits per heavy atom. The second-order valence-electron chi connectivity index (χ2n) is 5.89. The van der Waals surface area contributed by atoms with Gasteiger partial charge < -0.3 is 20.7 Å². The molecular formula is C19H23N3O2. The summed E-state index contributed by atoms with van der Waals surface area (Å²) in [7, 11) is 0. The fourth-order valence-corrected chi connectivity index (χ4v) is 2.90.